The third-order valence-electron chi connectivity index (χ3n) is 3.69. The Morgan fingerprint density at radius 3 is 2.47 bits per heavy atom. The monoisotopic (exact) mass is 216 g/mol. The Kier molecular flexibility index (Phi) is 2.58. The first-order valence-electron chi connectivity index (χ1n) is 5.48. The Labute approximate surface area is 90.2 Å². The largest absolute Gasteiger partial charge is 0.390 e. The van der Waals surface area contributed by atoms with E-state index in [4.69, 9.17) is 9.47 Å². The van der Waals surface area contributed by atoms with Crippen molar-refractivity contribution in [2.24, 2.45) is 5.92 Å². The van der Waals surface area contributed by atoms with Crippen LogP contribution in [-0.4, -0.2) is 47.3 Å². The van der Waals surface area contributed by atoms with Crippen LogP contribution in [0.2, 0.25) is 0 Å². The molecule has 0 aromatic carbocycles. The lowest BCUT2D eigenvalue weighted by Gasteiger charge is -2.44. The highest BCUT2D eigenvalue weighted by atomic mass is 16.6. The van der Waals surface area contributed by atoms with Crippen LogP contribution >= 0.6 is 0 Å². The Morgan fingerprint density at radius 1 is 1.47 bits per heavy atom. The molecule has 0 amide bonds. The molecule has 1 aliphatic carbocycles. The van der Waals surface area contributed by atoms with Crippen LogP contribution in [0.4, 0.5) is 0 Å². The molecule has 1 saturated carbocycles. The number of methoxy groups -OCH3 is 1. The zero-order valence-electron chi connectivity index (χ0n) is 9.56. The van der Waals surface area contributed by atoms with Gasteiger partial charge in [-0.2, -0.15) is 0 Å². The minimum absolute atomic E-state index is 0.154. The first-order chi connectivity index (χ1) is 6.91. The highest BCUT2D eigenvalue weighted by Crippen LogP contribution is 2.51. The van der Waals surface area contributed by atoms with E-state index in [1.807, 2.05) is 0 Å². The van der Waals surface area contributed by atoms with E-state index in [0.717, 1.165) is 6.42 Å². The molecule has 0 radical (unpaired) electrons. The normalized spacial score (nSPS) is 45.8. The van der Waals surface area contributed by atoms with E-state index in [1.54, 1.807) is 21.0 Å². The van der Waals surface area contributed by atoms with Gasteiger partial charge in [-0.1, -0.05) is 0 Å². The first kappa shape index (κ1) is 11.3. The minimum atomic E-state index is -0.890. The smallest absolute Gasteiger partial charge is 0.0998 e. The quantitative estimate of drug-likeness (QED) is 0.652. The SMILES string of the molecule is COC1C(O)CCC2(CO2)C1C(C)(C)O. The van der Waals surface area contributed by atoms with Crippen molar-refractivity contribution in [3.63, 3.8) is 0 Å². The number of ether oxygens (including phenoxy) is 2. The third-order valence-corrected chi connectivity index (χ3v) is 3.69. The van der Waals surface area contributed by atoms with Crippen LogP contribution in [0.3, 0.4) is 0 Å². The van der Waals surface area contributed by atoms with Gasteiger partial charge >= 0.3 is 0 Å². The lowest BCUT2D eigenvalue weighted by Crippen LogP contribution is -2.56. The molecule has 1 spiro atoms. The molecule has 1 saturated heterocycles. The molecule has 4 unspecified atom stereocenters. The molecule has 4 nitrogen and oxygen atoms in total. The van der Waals surface area contributed by atoms with Crippen LogP contribution in [0.15, 0.2) is 0 Å². The maximum Gasteiger partial charge on any atom is 0.0998 e. The number of rotatable bonds is 2. The topological polar surface area (TPSA) is 62.2 Å². The van der Waals surface area contributed by atoms with Crippen molar-refractivity contribution >= 4 is 0 Å². The van der Waals surface area contributed by atoms with Gasteiger partial charge in [-0.25, -0.2) is 0 Å². The fraction of sp³-hybridized carbons (Fsp3) is 1.00. The van der Waals surface area contributed by atoms with Gasteiger partial charge in [0.25, 0.3) is 0 Å². The number of aliphatic hydroxyl groups is 2. The van der Waals surface area contributed by atoms with Crippen molar-refractivity contribution in [3.8, 4) is 0 Å². The number of epoxide rings is 1. The molecule has 0 bridgehead atoms. The van der Waals surface area contributed by atoms with Crippen molar-refractivity contribution < 1.29 is 19.7 Å². The van der Waals surface area contributed by atoms with Crippen LogP contribution in [0.25, 0.3) is 0 Å². The van der Waals surface area contributed by atoms with Crippen LogP contribution in [0.1, 0.15) is 26.7 Å². The Hall–Kier alpha value is -0.160. The Morgan fingerprint density at radius 2 is 2.07 bits per heavy atom. The Balaban J connectivity index is 2.26. The lowest BCUT2D eigenvalue weighted by molar-refractivity contribution is -0.156. The summed E-state index contributed by atoms with van der Waals surface area (Å²) >= 11 is 0. The second kappa shape index (κ2) is 3.42. The van der Waals surface area contributed by atoms with Gasteiger partial charge in [-0.3, -0.25) is 0 Å². The predicted octanol–water partition coefficient (Wildman–Crippen LogP) is 0.312. The van der Waals surface area contributed by atoms with Gasteiger partial charge in [0.15, 0.2) is 0 Å². The highest BCUT2D eigenvalue weighted by Gasteiger charge is 2.62. The standard InChI is InChI=1S/C11H20O4/c1-10(2,13)9-8(14-3)7(12)4-5-11(9)6-15-11/h7-9,12-13H,4-6H2,1-3H3. The maximum absolute atomic E-state index is 10.2. The van der Waals surface area contributed by atoms with Crippen molar-refractivity contribution in [3.05, 3.63) is 0 Å². The van der Waals surface area contributed by atoms with Gasteiger partial charge in [-0.15, -0.1) is 0 Å². The van der Waals surface area contributed by atoms with Crippen molar-refractivity contribution in [2.75, 3.05) is 13.7 Å². The van der Waals surface area contributed by atoms with Gasteiger partial charge in [0.2, 0.25) is 0 Å². The molecular weight excluding hydrogens is 196 g/mol. The fourth-order valence-corrected chi connectivity index (χ4v) is 2.99. The van der Waals surface area contributed by atoms with Gasteiger partial charge in [0.1, 0.15) is 0 Å². The van der Waals surface area contributed by atoms with E-state index in [0.29, 0.717) is 13.0 Å². The summed E-state index contributed by atoms with van der Waals surface area (Å²) in [6.07, 6.45) is 0.663. The summed E-state index contributed by atoms with van der Waals surface area (Å²) in [5.74, 6) is -0.154. The van der Waals surface area contributed by atoms with Gasteiger partial charge in [0, 0.05) is 13.0 Å². The van der Waals surface area contributed by atoms with Crippen LogP contribution in [0, 0.1) is 5.92 Å². The molecule has 15 heavy (non-hydrogen) atoms. The van der Waals surface area contributed by atoms with Crippen molar-refractivity contribution in [2.45, 2.75) is 50.1 Å². The predicted molar refractivity (Wildman–Crippen MR) is 54.5 cm³/mol. The zero-order chi connectivity index (χ0) is 11.3. The molecule has 2 rings (SSSR count). The molecule has 88 valence electrons. The van der Waals surface area contributed by atoms with Gasteiger partial charge in [0.05, 0.1) is 30.0 Å². The van der Waals surface area contributed by atoms with Crippen LogP contribution in [0.5, 0.6) is 0 Å². The highest BCUT2D eigenvalue weighted by molar-refractivity contribution is 5.11. The molecular formula is C11H20O4. The fourth-order valence-electron chi connectivity index (χ4n) is 2.99. The van der Waals surface area contributed by atoms with E-state index < -0.39 is 11.7 Å². The van der Waals surface area contributed by atoms with Crippen molar-refractivity contribution in [1.82, 2.24) is 0 Å². The van der Waals surface area contributed by atoms with E-state index in [1.165, 1.54) is 0 Å². The maximum atomic E-state index is 10.2. The van der Waals surface area contributed by atoms with E-state index in [2.05, 4.69) is 0 Å². The average Bonchev–Trinajstić information content (AvgIpc) is 2.88. The molecule has 1 aliphatic heterocycles. The third kappa shape index (κ3) is 1.80. The molecule has 4 atom stereocenters. The Bertz CT molecular complexity index is 241. The minimum Gasteiger partial charge on any atom is -0.390 e. The zero-order valence-corrected chi connectivity index (χ0v) is 9.56. The van der Waals surface area contributed by atoms with E-state index >= 15 is 0 Å². The van der Waals surface area contributed by atoms with Crippen LogP contribution in [-0.2, 0) is 9.47 Å². The van der Waals surface area contributed by atoms with Gasteiger partial charge < -0.3 is 19.7 Å². The summed E-state index contributed by atoms with van der Waals surface area (Å²) in [7, 11) is 1.58. The summed E-state index contributed by atoms with van der Waals surface area (Å²) in [5, 5.41) is 20.0. The molecule has 0 aromatic heterocycles. The molecule has 1 heterocycles. The van der Waals surface area contributed by atoms with Crippen molar-refractivity contribution in [1.29, 1.82) is 0 Å². The molecule has 0 aromatic rings. The molecule has 2 aliphatic rings. The summed E-state index contributed by atoms with van der Waals surface area (Å²) in [6, 6.07) is 0. The second-order valence-electron chi connectivity index (χ2n) is 5.29. The van der Waals surface area contributed by atoms with E-state index in [-0.39, 0.29) is 17.6 Å². The summed E-state index contributed by atoms with van der Waals surface area (Å²) in [4.78, 5) is 0. The van der Waals surface area contributed by atoms with Gasteiger partial charge in [-0.05, 0) is 26.7 Å². The van der Waals surface area contributed by atoms with E-state index in [9.17, 15) is 10.2 Å². The molecule has 4 heteroatoms. The molecule has 2 fully saturated rings. The second-order valence-corrected chi connectivity index (χ2v) is 5.29. The summed E-state index contributed by atoms with van der Waals surface area (Å²) < 4.78 is 10.8. The lowest BCUT2D eigenvalue weighted by atomic mass is 9.68. The summed E-state index contributed by atoms with van der Waals surface area (Å²) in [6.45, 7) is 4.19. The van der Waals surface area contributed by atoms with Crippen LogP contribution < -0.4 is 0 Å². The number of hydrogen-bond donors (Lipinski definition) is 2. The number of aliphatic hydroxyl groups excluding tert-OH is 1. The first-order valence-corrected chi connectivity index (χ1v) is 5.48. The average molecular weight is 216 g/mol. The summed E-state index contributed by atoms with van der Waals surface area (Å²) in [5.41, 5.74) is -1.14. The molecule has 2 N–H and O–H groups in total. The number of hydrogen-bond acceptors (Lipinski definition) is 4.